The number of hydrogen-bond donors (Lipinski definition) is 1. The van der Waals surface area contributed by atoms with Crippen molar-refractivity contribution < 1.29 is 9.53 Å². The fourth-order valence-electron chi connectivity index (χ4n) is 3.11. The number of nitrogens with zero attached hydrogens (tertiary/aromatic N) is 3. The average Bonchev–Trinajstić information content (AvgIpc) is 3.17. The zero-order valence-electron chi connectivity index (χ0n) is 13.6. The largest absolute Gasteiger partial charge is 0.373 e. The predicted molar refractivity (Wildman–Crippen MR) is 93.4 cm³/mol. The second-order valence-electron chi connectivity index (χ2n) is 5.90. The smallest absolute Gasteiger partial charge is 0.227 e. The van der Waals surface area contributed by atoms with Gasteiger partial charge in [0.2, 0.25) is 5.91 Å². The Hall–Kier alpha value is -2.99. The second kappa shape index (κ2) is 6.86. The molecule has 6 heteroatoms. The molecule has 3 heterocycles. The van der Waals surface area contributed by atoms with Crippen molar-refractivity contribution in [3.63, 3.8) is 0 Å². The van der Waals surface area contributed by atoms with Gasteiger partial charge in [0.25, 0.3) is 0 Å². The summed E-state index contributed by atoms with van der Waals surface area (Å²) >= 11 is 0. The summed E-state index contributed by atoms with van der Waals surface area (Å²) < 4.78 is 7.52. The molecule has 0 saturated carbocycles. The molecule has 1 aliphatic rings. The lowest BCUT2D eigenvalue weighted by molar-refractivity contribution is -0.119. The zero-order chi connectivity index (χ0) is 17.1. The molecule has 1 amide bonds. The van der Waals surface area contributed by atoms with Crippen molar-refractivity contribution in [1.29, 1.82) is 0 Å². The summed E-state index contributed by atoms with van der Waals surface area (Å²) in [6.45, 7) is 0.639. The minimum absolute atomic E-state index is 0.108. The molecule has 0 fully saturated rings. The quantitative estimate of drug-likeness (QED) is 0.796. The standard InChI is InChI=1S/C19H18N4O2/c24-19(12-18-15-5-2-1-4-14(15)7-11-25-18)22-16-13-20-9-6-17(16)23-10-3-8-21-23/h1-6,8-10,13,18H,7,11-12H2,(H,22,24)/t18-/m1/s1. The van der Waals surface area contributed by atoms with Gasteiger partial charge in [0.05, 0.1) is 36.7 Å². The minimum Gasteiger partial charge on any atom is -0.373 e. The molecule has 0 bridgehead atoms. The van der Waals surface area contributed by atoms with Crippen LogP contribution in [0.15, 0.2) is 61.2 Å². The summed E-state index contributed by atoms with van der Waals surface area (Å²) in [5.74, 6) is -0.108. The number of hydrogen-bond acceptors (Lipinski definition) is 4. The Bertz CT molecular complexity index is 877. The molecule has 1 N–H and O–H groups in total. The van der Waals surface area contributed by atoms with Crippen molar-refractivity contribution in [2.45, 2.75) is 18.9 Å². The first kappa shape index (κ1) is 15.5. The van der Waals surface area contributed by atoms with Crippen molar-refractivity contribution in [2.24, 2.45) is 0 Å². The third kappa shape index (κ3) is 3.29. The van der Waals surface area contributed by atoms with Crippen LogP contribution in [0.3, 0.4) is 0 Å². The van der Waals surface area contributed by atoms with Crippen molar-refractivity contribution in [3.05, 3.63) is 72.3 Å². The monoisotopic (exact) mass is 334 g/mol. The van der Waals surface area contributed by atoms with Gasteiger partial charge in [0, 0.05) is 18.6 Å². The number of aromatic nitrogens is 3. The van der Waals surface area contributed by atoms with Crippen molar-refractivity contribution >= 4 is 11.6 Å². The molecule has 1 aromatic carbocycles. The van der Waals surface area contributed by atoms with Crippen LogP contribution >= 0.6 is 0 Å². The van der Waals surface area contributed by atoms with Crippen molar-refractivity contribution in [2.75, 3.05) is 11.9 Å². The van der Waals surface area contributed by atoms with Crippen LogP contribution in [0.2, 0.25) is 0 Å². The Morgan fingerprint density at radius 3 is 3.04 bits per heavy atom. The lowest BCUT2D eigenvalue weighted by Gasteiger charge is -2.25. The Morgan fingerprint density at radius 1 is 1.24 bits per heavy atom. The Kier molecular flexibility index (Phi) is 4.26. The third-order valence-electron chi connectivity index (χ3n) is 4.29. The number of carbonyl (C=O) groups excluding carboxylic acids is 1. The normalized spacial score (nSPS) is 16.2. The van der Waals surface area contributed by atoms with Gasteiger partial charge in [-0.3, -0.25) is 9.78 Å². The molecule has 126 valence electrons. The van der Waals surface area contributed by atoms with E-state index in [1.807, 2.05) is 36.5 Å². The van der Waals surface area contributed by atoms with Crippen LogP contribution in [0.25, 0.3) is 5.69 Å². The minimum atomic E-state index is -0.213. The highest BCUT2D eigenvalue weighted by Gasteiger charge is 2.23. The SMILES string of the molecule is O=C(C[C@H]1OCCc2ccccc21)Nc1cnccc1-n1cccn1. The van der Waals surface area contributed by atoms with E-state index in [0.29, 0.717) is 12.3 Å². The molecule has 2 aromatic heterocycles. The fourth-order valence-corrected chi connectivity index (χ4v) is 3.11. The van der Waals surface area contributed by atoms with E-state index in [-0.39, 0.29) is 18.4 Å². The highest BCUT2D eigenvalue weighted by Crippen LogP contribution is 2.30. The van der Waals surface area contributed by atoms with Crippen LogP contribution in [-0.2, 0) is 16.0 Å². The maximum absolute atomic E-state index is 12.6. The summed E-state index contributed by atoms with van der Waals surface area (Å²) in [7, 11) is 0. The summed E-state index contributed by atoms with van der Waals surface area (Å²) in [6.07, 6.45) is 7.77. The van der Waals surface area contributed by atoms with Crippen LogP contribution in [0, 0.1) is 0 Å². The van der Waals surface area contributed by atoms with Crippen LogP contribution in [0.5, 0.6) is 0 Å². The van der Waals surface area contributed by atoms with Crippen LogP contribution in [0.4, 0.5) is 5.69 Å². The molecule has 0 saturated heterocycles. The molecule has 25 heavy (non-hydrogen) atoms. The molecule has 3 aromatic rings. The number of nitrogens with one attached hydrogen (secondary N) is 1. The number of fused-ring (bicyclic) bond motifs is 1. The van der Waals surface area contributed by atoms with Crippen molar-refractivity contribution in [1.82, 2.24) is 14.8 Å². The van der Waals surface area contributed by atoms with Gasteiger partial charge in [0.1, 0.15) is 0 Å². The van der Waals surface area contributed by atoms with E-state index in [4.69, 9.17) is 4.74 Å². The van der Waals surface area contributed by atoms with Gasteiger partial charge in [-0.2, -0.15) is 5.10 Å². The maximum atomic E-state index is 12.6. The van der Waals surface area contributed by atoms with E-state index in [1.165, 1.54) is 5.56 Å². The van der Waals surface area contributed by atoms with Gasteiger partial charge in [-0.05, 0) is 29.7 Å². The average molecular weight is 334 g/mol. The summed E-state index contributed by atoms with van der Waals surface area (Å²) in [5.41, 5.74) is 3.76. The number of carbonyl (C=O) groups is 1. The van der Waals surface area contributed by atoms with E-state index >= 15 is 0 Å². The molecule has 0 radical (unpaired) electrons. The summed E-state index contributed by atoms with van der Waals surface area (Å²) in [5, 5.41) is 7.15. The number of pyridine rings is 1. The van der Waals surface area contributed by atoms with Crippen molar-refractivity contribution in [3.8, 4) is 5.69 Å². The zero-order valence-corrected chi connectivity index (χ0v) is 13.6. The molecule has 4 rings (SSSR count). The summed E-state index contributed by atoms with van der Waals surface area (Å²) in [6, 6.07) is 11.8. The lowest BCUT2D eigenvalue weighted by atomic mass is 9.95. The van der Waals surface area contributed by atoms with Gasteiger partial charge in [-0.1, -0.05) is 24.3 Å². The predicted octanol–water partition coefficient (Wildman–Crippen LogP) is 2.91. The number of ether oxygens (including phenoxy) is 1. The lowest BCUT2D eigenvalue weighted by Crippen LogP contribution is -2.22. The first-order valence-electron chi connectivity index (χ1n) is 8.24. The van der Waals surface area contributed by atoms with Gasteiger partial charge >= 0.3 is 0 Å². The topological polar surface area (TPSA) is 69.0 Å². The van der Waals surface area contributed by atoms with Gasteiger partial charge in [-0.25, -0.2) is 4.68 Å². The first-order chi connectivity index (χ1) is 12.3. The highest BCUT2D eigenvalue weighted by molar-refractivity contribution is 5.93. The van der Waals surface area contributed by atoms with E-state index in [1.54, 1.807) is 23.3 Å². The van der Waals surface area contributed by atoms with E-state index in [9.17, 15) is 4.79 Å². The Labute approximate surface area is 145 Å². The molecular formula is C19H18N4O2. The highest BCUT2D eigenvalue weighted by atomic mass is 16.5. The Balaban J connectivity index is 1.51. The van der Waals surface area contributed by atoms with E-state index in [2.05, 4.69) is 21.5 Å². The second-order valence-corrected chi connectivity index (χ2v) is 5.90. The molecule has 1 atom stereocenters. The number of anilines is 1. The van der Waals surface area contributed by atoms with E-state index in [0.717, 1.165) is 17.7 Å². The summed E-state index contributed by atoms with van der Waals surface area (Å²) in [4.78, 5) is 16.7. The number of benzene rings is 1. The van der Waals surface area contributed by atoms with Crippen LogP contribution in [0.1, 0.15) is 23.7 Å². The molecule has 1 aliphatic heterocycles. The molecule has 0 unspecified atom stereocenters. The fraction of sp³-hybridized carbons (Fsp3) is 0.211. The molecule has 6 nitrogen and oxygen atoms in total. The molecule has 0 spiro atoms. The third-order valence-corrected chi connectivity index (χ3v) is 4.29. The molecular weight excluding hydrogens is 316 g/mol. The van der Waals surface area contributed by atoms with E-state index < -0.39 is 0 Å². The van der Waals surface area contributed by atoms with Gasteiger partial charge in [-0.15, -0.1) is 0 Å². The first-order valence-corrected chi connectivity index (χ1v) is 8.24. The maximum Gasteiger partial charge on any atom is 0.227 e. The van der Waals surface area contributed by atoms with Crippen LogP contribution in [-0.4, -0.2) is 27.3 Å². The molecule has 0 aliphatic carbocycles. The van der Waals surface area contributed by atoms with Crippen LogP contribution < -0.4 is 5.32 Å². The number of amides is 1. The number of rotatable bonds is 4. The Morgan fingerprint density at radius 2 is 2.16 bits per heavy atom. The van der Waals surface area contributed by atoms with Gasteiger partial charge in [0.15, 0.2) is 0 Å². The van der Waals surface area contributed by atoms with Gasteiger partial charge < -0.3 is 10.1 Å².